The van der Waals surface area contributed by atoms with E-state index in [-0.39, 0.29) is 6.04 Å². The van der Waals surface area contributed by atoms with Crippen molar-refractivity contribution in [1.29, 1.82) is 0 Å². The van der Waals surface area contributed by atoms with Gasteiger partial charge in [-0.3, -0.25) is 0 Å². The molecular formula is C17H19NO3. The molecule has 0 unspecified atom stereocenters. The summed E-state index contributed by atoms with van der Waals surface area (Å²) in [4.78, 5) is 0. The Hall–Kier alpha value is -2.20. The van der Waals surface area contributed by atoms with Crippen molar-refractivity contribution in [3.8, 4) is 17.2 Å². The number of ether oxygens (including phenoxy) is 2. The van der Waals surface area contributed by atoms with Gasteiger partial charge in [-0.25, -0.2) is 0 Å². The van der Waals surface area contributed by atoms with E-state index in [1.54, 1.807) is 20.3 Å². The van der Waals surface area contributed by atoms with Crippen LogP contribution in [-0.2, 0) is 6.42 Å². The predicted molar refractivity (Wildman–Crippen MR) is 81.2 cm³/mol. The normalized spacial score (nSPS) is 17.1. The van der Waals surface area contributed by atoms with Gasteiger partial charge in [-0.1, -0.05) is 12.1 Å². The van der Waals surface area contributed by atoms with Crippen molar-refractivity contribution >= 4 is 0 Å². The Morgan fingerprint density at radius 1 is 1.10 bits per heavy atom. The van der Waals surface area contributed by atoms with E-state index in [0.717, 1.165) is 41.2 Å². The van der Waals surface area contributed by atoms with Crippen LogP contribution in [0.25, 0.3) is 0 Å². The van der Waals surface area contributed by atoms with Gasteiger partial charge in [-0.05, 0) is 41.8 Å². The summed E-state index contributed by atoms with van der Waals surface area (Å²) in [7, 11) is 3.33. The Morgan fingerprint density at radius 3 is 2.48 bits per heavy atom. The quantitative estimate of drug-likeness (QED) is 0.910. The molecule has 1 atom stereocenters. The number of rotatable bonds is 3. The molecule has 1 heterocycles. The molecule has 2 N–H and O–H groups in total. The predicted octanol–water partition coefficient (Wildman–Crippen LogP) is 2.64. The molecule has 0 spiro atoms. The van der Waals surface area contributed by atoms with Crippen LogP contribution >= 0.6 is 0 Å². The number of aromatic hydroxyl groups is 1. The number of hydrogen-bond acceptors (Lipinski definition) is 4. The molecule has 1 aliphatic heterocycles. The fraction of sp³-hybridized carbons (Fsp3) is 0.294. The van der Waals surface area contributed by atoms with Gasteiger partial charge >= 0.3 is 0 Å². The first kappa shape index (κ1) is 13.8. The highest BCUT2D eigenvalue weighted by Crippen LogP contribution is 2.40. The molecule has 0 saturated heterocycles. The van der Waals surface area contributed by atoms with E-state index < -0.39 is 0 Å². The molecule has 21 heavy (non-hydrogen) atoms. The van der Waals surface area contributed by atoms with Crippen molar-refractivity contribution in [2.24, 2.45) is 0 Å². The van der Waals surface area contributed by atoms with E-state index in [4.69, 9.17) is 9.47 Å². The zero-order valence-electron chi connectivity index (χ0n) is 12.2. The van der Waals surface area contributed by atoms with Crippen molar-refractivity contribution in [2.75, 3.05) is 20.8 Å². The van der Waals surface area contributed by atoms with Crippen LogP contribution in [0.15, 0.2) is 36.4 Å². The molecule has 1 aliphatic rings. The number of fused-ring (bicyclic) bond motifs is 1. The van der Waals surface area contributed by atoms with Crippen molar-refractivity contribution < 1.29 is 14.6 Å². The van der Waals surface area contributed by atoms with Crippen molar-refractivity contribution in [2.45, 2.75) is 12.5 Å². The van der Waals surface area contributed by atoms with Crippen molar-refractivity contribution in [3.05, 3.63) is 53.1 Å². The first-order valence-electron chi connectivity index (χ1n) is 7.00. The van der Waals surface area contributed by atoms with Crippen LogP contribution in [0.1, 0.15) is 22.7 Å². The van der Waals surface area contributed by atoms with E-state index in [1.807, 2.05) is 30.3 Å². The van der Waals surface area contributed by atoms with Gasteiger partial charge < -0.3 is 19.9 Å². The fourth-order valence-corrected chi connectivity index (χ4v) is 2.97. The van der Waals surface area contributed by atoms with Gasteiger partial charge in [0.15, 0.2) is 0 Å². The molecule has 3 rings (SSSR count). The van der Waals surface area contributed by atoms with Gasteiger partial charge in [0, 0.05) is 6.54 Å². The van der Waals surface area contributed by atoms with Crippen LogP contribution in [0.5, 0.6) is 17.2 Å². The summed E-state index contributed by atoms with van der Waals surface area (Å²) < 4.78 is 11.0. The largest absolute Gasteiger partial charge is 0.508 e. The second-order valence-electron chi connectivity index (χ2n) is 5.10. The molecule has 4 heteroatoms. The third-order valence-corrected chi connectivity index (χ3v) is 3.93. The zero-order chi connectivity index (χ0) is 14.8. The average molecular weight is 285 g/mol. The smallest absolute Gasteiger partial charge is 0.127 e. The maximum atomic E-state index is 9.68. The van der Waals surface area contributed by atoms with E-state index in [0.29, 0.717) is 5.75 Å². The van der Waals surface area contributed by atoms with Crippen LogP contribution in [0.3, 0.4) is 0 Å². The minimum Gasteiger partial charge on any atom is -0.508 e. The van der Waals surface area contributed by atoms with Crippen molar-refractivity contribution in [1.82, 2.24) is 5.32 Å². The Balaban J connectivity index is 2.15. The first-order valence-corrected chi connectivity index (χ1v) is 7.00. The summed E-state index contributed by atoms with van der Waals surface area (Å²) in [6, 6.07) is 11.3. The van der Waals surface area contributed by atoms with Crippen LogP contribution < -0.4 is 14.8 Å². The molecule has 0 bridgehead atoms. The molecule has 0 fully saturated rings. The van der Waals surface area contributed by atoms with Crippen LogP contribution in [0.4, 0.5) is 0 Å². The average Bonchev–Trinajstić information content (AvgIpc) is 2.53. The second-order valence-corrected chi connectivity index (χ2v) is 5.10. The summed E-state index contributed by atoms with van der Waals surface area (Å²) in [5, 5.41) is 13.2. The van der Waals surface area contributed by atoms with Gasteiger partial charge in [0.25, 0.3) is 0 Å². The molecule has 0 aromatic heterocycles. The number of nitrogens with one attached hydrogen (secondary N) is 1. The lowest BCUT2D eigenvalue weighted by molar-refractivity contribution is 0.375. The minimum absolute atomic E-state index is 0.000417. The summed E-state index contributed by atoms with van der Waals surface area (Å²) in [5.74, 6) is 1.90. The monoisotopic (exact) mass is 285 g/mol. The lowest BCUT2D eigenvalue weighted by Crippen LogP contribution is -2.31. The Morgan fingerprint density at radius 2 is 1.81 bits per heavy atom. The molecule has 110 valence electrons. The molecule has 0 radical (unpaired) electrons. The highest BCUT2D eigenvalue weighted by Gasteiger charge is 2.27. The summed E-state index contributed by atoms with van der Waals surface area (Å²) >= 11 is 0. The van der Waals surface area contributed by atoms with Crippen molar-refractivity contribution in [3.63, 3.8) is 0 Å². The van der Waals surface area contributed by atoms with Gasteiger partial charge in [0.2, 0.25) is 0 Å². The highest BCUT2D eigenvalue weighted by molar-refractivity contribution is 5.53. The van der Waals surface area contributed by atoms with E-state index in [9.17, 15) is 5.11 Å². The molecule has 2 aromatic rings. The van der Waals surface area contributed by atoms with Gasteiger partial charge in [-0.2, -0.15) is 0 Å². The van der Waals surface area contributed by atoms with Gasteiger partial charge in [0.1, 0.15) is 17.2 Å². The second kappa shape index (κ2) is 5.66. The third kappa shape index (κ3) is 2.43. The Labute approximate surface area is 124 Å². The SMILES string of the molecule is COc1cccc(OC)c1[C@@H]1NCCc2cc(O)ccc21. The Bertz CT molecular complexity index is 632. The highest BCUT2D eigenvalue weighted by atomic mass is 16.5. The lowest BCUT2D eigenvalue weighted by Gasteiger charge is -2.29. The Kier molecular flexibility index (Phi) is 3.71. The van der Waals surface area contributed by atoms with Crippen LogP contribution in [0, 0.1) is 0 Å². The number of hydrogen-bond donors (Lipinski definition) is 2. The number of methoxy groups -OCH3 is 2. The summed E-state index contributed by atoms with van der Waals surface area (Å²) in [5.41, 5.74) is 3.31. The zero-order valence-corrected chi connectivity index (χ0v) is 12.2. The number of benzene rings is 2. The molecule has 2 aromatic carbocycles. The molecule has 0 saturated carbocycles. The number of phenolic OH excluding ortho intramolecular Hbond substituents is 1. The molecule has 0 amide bonds. The van der Waals surface area contributed by atoms with Gasteiger partial charge in [0.05, 0.1) is 25.8 Å². The first-order chi connectivity index (χ1) is 10.2. The number of phenols is 1. The third-order valence-electron chi connectivity index (χ3n) is 3.93. The summed E-state index contributed by atoms with van der Waals surface area (Å²) in [6.07, 6.45) is 0.900. The van der Waals surface area contributed by atoms with Crippen LogP contribution in [-0.4, -0.2) is 25.9 Å². The maximum absolute atomic E-state index is 9.68. The molecular weight excluding hydrogens is 266 g/mol. The molecule has 0 aliphatic carbocycles. The van der Waals surface area contributed by atoms with Crippen LogP contribution in [0.2, 0.25) is 0 Å². The summed E-state index contributed by atoms with van der Waals surface area (Å²) in [6.45, 7) is 0.850. The van der Waals surface area contributed by atoms with E-state index >= 15 is 0 Å². The maximum Gasteiger partial charge on any atom is 0.127 e. The minimum atomic E-state index is 0.000417. The topological polar surface area (TPSA) is 50.7 Å². The van der Waals surface area contributed by atoms with E-state index in [1.165, 1.54) is 0 Å². The lowest BCUT2D eigenvalue weighted by atomic mass is 9.89. The van der Waals surface area contributed by atoms with E-state index in [2.05, 4.69) is 5.32 Å². The van der Waals surface area contributed by atoms with Gasteiger partial charge in [-0.15, -0.1) is 0 Å². The molecule has 4 nitrogen and oxygen atoms in total. The fourth-order valence-electron chi connectivity index (χ4n) is 2.97. The standard InChI is InChI=1S/C17H19NO3/c1-20-14-4-3-5-15(21-2)16(14)17-13-7-6-12(19)10-11(13)8-9-18-17/h3-7,10,17-19H,8-9H2,1-2H3/t17-/m1/s1.